The molecule has 0 atom stereocenters. The molecule has 0 aliphatic carbocycles. The highest BCUT2D eigenvalue weighted by Crippen LogP contribution is 2.24. The van der Waals surface area contributed by atoms with Crippen LogP contribution in [-0.4, -0.2) is 59.7 Å². The fraction of sp³-hybridized carbons (Fsp3) is 0.154. The molecule has 0 unspecified atom stereocenters. The van der Waals surface area contributed by atoms with Crippen molar-refractivity contribution >= 4 is 26.8 Å². The van der Waals surface area contributed by atoms with Gasteiger partial charge in [-0.1, -0.05) is 18.1 Å². The van der Waals surface area contributed by atoms with Crippen LogP contribution in [0.3, 0.4) is 0 Å². The molecule has 1 saturated heterocycles. The smallest absolute Gasteiger partial charge is 0.258 e. The van der Waals surface area contributed by atoms with Gasteiger partial charge in [0.25, 0.3) is 15.9 Å². The van der Waals surface area contributed by atoms with Gasteiger partial charge >= 0.3 is 0 Å². The van der Waals surface area contributed by atoms with E-state index in [0.717, 1.165) is 16.5 Å². The van der Waals surface area contributed by atoms with Crippen molar-refractivity contribution in [3.8, 4) is 23.5 Å². The number of sulfonamides is 1. The van der Waals surface area contributed by atoms with Crippen molar-refractivity contribution in [3.05, 3.63) is 84.2 Å². The molecule has 8 heteroatoms. The first-order valence-corrected chi connectivity index (χ1v) is 12.3. The highest BCUT2D eigenvalue weighted by atomic mass is 32.2. The molecule has 2 aromatic carbocycles. The third-order valence-electron chi connectivity index (χ3n) is 6.05. The first kappa shape index (κ1) is 21.9. The van der Waals surface area contributed by atoms with E-state index in [0.29, 0.717) is 29.7 Å². The molecule has 4 aromatic rings. The second-order valence-electron chi connectivity index (χ2n) is 8.09. The highest BCUT2D eigenvalue weighted by molar-refractivity contribution is 7.89. The lowest BCUT2D eigenvalue weighted by atomic mass is 10.0. The van der Waals surface area contributed by atoms with Crippen LogP contribution in [0.2, 0.25) is 0 Å². The zero-order valence-electron chi connectivity index (χ0n) is 18.3. The molecule has 1 aliphatic rings. The number of nitrogens with one attached hydrogen (secondary N) is 1. The van der Waals surface area contributed by atoms with Crippen molar-refractivity contribution in [1.82, 2.24) is 19.2 Å². The van der Waals surface area contributed by atoms with E-state index in [2.05, 4.69) is 15.9 Å². The summed E-state index contributed by atoms with van der Waals surface area (Å²) >= 11 is 0. The number of pyridine rings is 1. The summed E-state index contributed by atoms with van der Waals surface area (Å²) in [6.45, 7) is 1.11. The first-order chi connectivity index (χ1) is 16.5. The highest BCUT2D eigenvalue weighted by Gasteiger charge is 2.31. The normalized spacial score (nSPS) is 14.7. The Morgan fingerprint density at radius 3 is 2.26 bits per heavy atom. The fourth-order valence-electron chi connectivity index (χ4n) is 4.14. The van der Waals surface area contributed by atoms with E-state index in [1.807, 2.05) is 24.3 Å². The summed E-state index contributed by atoms with van der Waals surface area (Å²) in [6, 6.07) is 18.2. The van der Waals surface area contributed by atoms with Crippen LogP contribution < -0.4 is 0 Å². The second-order valence-corrected chi connectivity index (χ2v) is 10.00. The van der Waals surface area contributed by atoms with Gasteiger partial charge in [-0.3, -0.25) is 9.78 Å². The predicted octanol–water partition coefficient (Wildman–Crippen LogP) is 3.36. The van der Waals surface area contributed by atoms with Crippen molar-refractivity contribution in [1.29, 1.82) is 0 Å². The van der Waals surface area contributed by atoms with Crippen molar-refractivity contribution in [2.75, 3.05) is 26.2 Å². The van der Waals surface area contributed by atoms with E-state index in [9.17, 15) is 13.2 Å². The van der Waals surface area contributed by atoms with E-state index in [1.165, 1.54) is 4.31 Å². The van der Waals surface area contributed by atoms with Crippen molar-refractivity contribution in [3.63, 3.8) is 0 Å². The number of benzene rings is 2. The third kappa shape index (κ3) is 4.07. The Balaban J connectivity index is 1.27. The minimum absolute atomic E-state index is 0.106. The van der Waals surface area contributed by atoms with Crippen molar-refractivity contribution < 1.29 is 13.2 Å². The number of amides is 1. The molecule has 1 aliphatic heterocycles. The summed E-state index contributed by atoms with van der Waals surface area (Å²) in [7, 11) is -3.71. The van der Waals surface area contributed by atoms with Crippen LogP contribution >= 0.6 is 0 Å². The first-order valence-electron chi connectivity index (χ1n) is 10.8. The molecule has 0 spiro atoms. The summed E-state index contributed by atoms with van der Waals surface area (Å²) in [5.41, 5.74) is 4.01. The molecule has 170 valence electrons. The largest absolute Gasteiger partial charge is 0.345 e. The quantitative estimate of drug-likeness (QED) is 0.464. The molecule has 0 radical (unpaired) electrons. The van der Waals surface area contributed by atoms with Gasteiger partial charge in [-0.25, -0.2) is 8.42 Å². The van der Waals surface area contributed by atoms with Gasteiger partial charge in [0.15, 0.2) is 0 Å². The van der Waals surface area contributed by atoms with E-state index in [4.69, 9.17) is 6.42 Å². The molecule has 0 saturated carbocycles. The summed E-state index contributed by atoms with van der Waals surface area (Å²) in [5.74, 6) is 2.45. The molecule has 0 bridgehead atoms. The maximum Gasteiger partial charge on any atom is 0.258 e. The van der Waals surface area contributed by atoms with Gasteiger partial charge in [-0.15, -0.1) is 6.42 Å². The molecule has 1 N–H and O–H groups in total. The van der Waals surface area contributed by atoms with E-state index < -0.39 is 10.0 Å². The summed E-state index contributed by atoms with van der Waals surface area (Å²) in [4.78, 5) is 21.7. The van der Waals surface area contributed by atoms with Gasteiger partial charge in [0.1, 0.15) is 5.03 Å². The number of piperazine rings is 1. The van der Waals surface area contributed by atoms with Crippen LogP contribution in [0, 0.1) is 12.3 Å². The number of hydrogen-bond acceptors (Lipinski definition) is 4. The average molecular weight is 471 g/mol. The lowest BCUT2D eigenvalue weighted by Gasteiger charge is -2.33. The van der Waals surface area contributed by atoms with Crippen molar-refractivity contribution in [2.24, 2.45) is 0 Å². The minimum Gasteiger partial charge on any atom is -0.345 e. The maximum atomic E-state index is 13.2. The van der Waals surface area contributed by atoms with Gasteiger partial charge in [-0.05, 0) is 59.7 Å². The topological polar surface area (TPSA) is 86.4 Å². The predicted molar refractivity (Wildman–Crippen MR) is 131 cm³/mol. The van der Waals surface area contributed by atoms with Crippen LogP contribution in [0.15, 0.2) is 78.1 Å². The lowest BCUT2D eigenvalue weighted by Crippen LogP contribution is -2.50. The Labute approximate surface area is 198 Å². The fourth-order valence-corrected chi connectivity index (χ4v) is 5.57. The molecule has 34 heavy (non-hydrogen) atoms. The molecule has 3 heterocycles. The van der Waals surface area contributed by atoms with E-state index in [1.54, 1.807) is 53.7 Å². The van der Waals surface area contributed by atoms with Gasteiger partial charge in [0.2, 0.25) is 0 Å². The van der Waals surface area contributed by atoms with Crippen LogP contribution in [0.1, 0.15) is 15.9 Å². The Hall–Kier alpha value is -3.93. The van der Waals surface area contributed by atoms with E-state index >= 15 is 0 Å². The van der Waals surface area contributed by atoms with Crippen molar-refractivity contribution in [2.45, 2.75) is 5.03 Å². The number of fused-ring (bicyclic) bond motifs is 1. The molecule has 1 fully saturated rings. The number of carbonyl (C=O) groups is 1. The van der Waals surface area contributed by atoms with Gasteiger partial charge < -0.3 is 9.88 Å². The number of carbonyl (C=O) groups excluding carboxylic acids is 1. The molecular formula is C26H22N4O3S. The zero-order valence-corrected chi connectivity index (χ0v) is 19.1. The lowest BCUT2D eigenvalue weighted by molar-refractivity contribution is 0.0698. The van der Waals surface area contributed by atoms with Crippen LogP contribution in [0.5, 0.6) is 0 Å². The van der Waals surface area contributed by atoms with Gasteiger partial charge in [0, 0.05) is 60.6 Å². The standard InChI is InChI=1S/C26H22N4O3S/c1-2-19-3-8-24-23(17-19)18-25(28-24)34(32,33)30-15-13-29(14-16-30)26(31)22-6-4-20(5-7-22)21-9-11-27-12-10-21/h1,3-12,17-18,28H,13-16H2. The summed E-state index contributed by atoms with van der Waals surface area (Å²) in [6.07, 6.45) is 8.90. The maximum absolute atomic E-state index is 13.2. The molecule has 5 rings (SSSR count). The van der Waals surface area contributed by atoms with E-state index in [-0.39, 0.29) is 24.0 Å². The Bertz CT molecular complexity index is 1500. The Morgan fingerprint density at radius 1 is 0.912 bits per heavy atom. The molecule has 1 amide bonds. The zero-order chi connectivity index (χ0) is 23.7. The molecule has 7 nitrogen and oxygen atoms in total. The summed E-state index contributed by atoms with van der Waals surface area (Å²) in [5, 5.41) is 0.876. The Morgan fingerprint density at radius 2 is 1.59 bits per heavy atom. The third-order valence-corrected chi connectivity index (χ3v) is 7.87. The number of nitrogens with zero attached hydrogens (tertiary/aromatic N) is 3. The van der Waals surface area contributed by atoms with Gasteiger partial charge in [0.05, 0.1) is 0 Å². The monoisotopic (exact) mass is 470 g/mol. The second kappa shape index (κ2) is 8.78. The van der Waals surface area contributed by atoms with Gasteiger partial charge in [-0.2, -0.15) is 4.31 Å². The molecule has 2 aromatic heterocycles. The number of aromatic nitrogens is 2. The average Bonchev–Trinajstić information content (AvgIpc) is 3.33. The SMILES string of the molecule is C#Cc1ccc2[nH]c(S(=O)(=O)N3CCN(C(=O)c4ccc(-c5ccncc5)cc4)CC3)cc2c1. The van der Waals surface area contributed by atoms with Crippen LogP contribution in [-0.2, 0) is 10.0 Å². The Kier molecular flexibility index (Phi) is 5.65. The number of rotatable bonds is 4. The number of hydrogen-bond donors (Lipinski definition) is 1. The number of terminal acetylenes is 1. The molecular weight excluding hydrogens is 448 g/mol. The summed E-state index contributed by atoms with van der Waals surface area (Å²) < 4.78 is 27.8. The number of aromatic amines is 1. The minimum atomic E-state index is -3.71. The number of H-pyrrole nitrogens is 1. The van der Waals surface area contributed by atoms with Crippen LogP contribution in [0.25, 0.3) is 22.0 Å². The van der Waals surface area contributed by atoms with Crippen LogP contribution in [0.4, 0.5) is 0 Å².